The second-order valence-electron chi connectivity index (χ2n) is 5.28. The maximum Gasteiger partial charge on any atom is 0.331 e. The van der Waals surface area contributed by atoms with Gasteiger partial charge in [-0.1, -0.05) is 35.9 Å². The van der Waals surface area contributed by atoms with Gasteiger partial charge in [0.1, 0.15) is 5.02 Å². The van der Waals surface area contributed by atoms with Crippen molar-refractivity contribution < 1.29 is 18.9 Å². The van der Waals surface area contributed by atoms with Crippen molar-refractivity contribution in [3.63, 3.8) is 0 Å². The molecular weight excluding hydrogens is 374 g/mol. The Morgan fingerprint density at radius 1 is 1.22 bits per heavy atom. The lowest BCUT2D eigenvalue weighted by atomic mass is 10.2. The van der Waals surface area contributed by atoms with E-state index in [0.29, 0.717) is 11.5 Å². The molecule has 0 fully saturated rings. The highest BCUT2D eigenvalue weighted by atomic mass is 35.5. The van der Waals surface area contributed by atoms with Crippen LogP contribution in [0.5, 0.6) is 0 Å². The summed E-state index contributed by atoms with van der Waals surface area (Å²) in [4.78, 5) is 22.1. The first kappa shape index (κ1) is 18.3. The van der Waals surface area contributed by atoms with Crippen molar-refractivity contribution in [2.45, 2.75) is 6.61 Å². The minimum Gasteiger partial charge on any atom is -0.452 e. The van der Waals surface area contributed by atoms with Crippen LogP contribution < -0.4 is 0 Å². The lowest BCUT2D eigenvalue weighted by molar-refractivity contribution is -0.384. The van der Waals surface area contributed by atoms with Gasteiger partial charge in [-0.2, -0.15) is 0 Å². The average molecular weight is 386 g/mol. The highest BCUT2D eigenvalue weighted by Crippen LogP contribution is 2.25. The third kappa shape index (κ3) is 4.77. The van der Waals surface area contributed by atoms with Gasteiger partial charge in [-0.05, 0) is 29.8 Å². The van der Waals surface area contributed by atoms with Crippen molar-refractivity contribution >= 4 is 29.3 Å². The summed E-state index contributed by atoms with van der Waals surface area (Å²) in [6.07, 6.45) is 2.52. The van der Waals surface area contributed by atoms with Crippen molar-refractivity contribution in [1.82, 2.24) is 10.2 Å². The average Bonchev–Trinajstić information content (AvgIpc) is 3.15. The molecule has 27 heavy (non-hydrogen) atoms. The van der Waals surface area contributed by atoms with Gasteiger partial charge in [-0.15, -0.1) is 10.2 Å². The van der Waals surface area contributed by atoms with Crippen LogP contribution in [0.25, 0.3) is 17.5 Å². The number of nitrogens with zero attached hydrogens (tertiary/aromatic N) is 3. The van der Waals surface area contributed by atoms with Crippen molar-refractivity contribution in [2.75, 3.05) is 0 Å². The van der Waals surface area contributed by atoms with Gasteiger partial charge in [-0.25, -0.2) is 4.79 Å². The Balaban J connectivity index is 1.59. The fraction of sp³-hybridized carbons (Fsp3) is 0.0556. The Morgan fingerprint density at radius 3 is 2.74 bits per heavy atom. The van der Waals surface area contributed by atoms with Crippen molar-refractivity contribution in [1.29, 1.82) is 0 Å². The largest absolute Gasteiger partial charge is 0.452 e. The number of halogens is 1. The Morgan fingerprint density at radius 2 is 2.00 bits per heavy atom. The van der Waals surface area contributed by atoms with Crippen molar-refractivity contribution in [3.05, 3.63) is 81.2 Å². The molecule has 0 bridgehead atoms. The fourth-order valence-corrected chi connectivity index (χ4v) is 2.31. The molecule has 0 saturated carbocycles. The lowest BCUT2D eigenvalue weighted by Gasteiger charge is -1.99. The Labute approximate surface area is 158 Å². The summed E-state index contributed by atoms with van der Waals surface area (Å²) in [5.74, 6) is -0.185. The van der Waals surface area contributed by atoms with Gasteiger partial charge in [0, 0.05) is 17.7 Å². The molecule has 9 heteroatoms. The van der Waals surface area contributed by atoms with E-state index in [2.05, 4.69) is 10.2 Å². The molecule has 1 aromatic heterocycles. The normalized spacial score (nSPS) is 10.9. The molecule has 0 amide bonds. The van der Waals surface area contributed by atoms with E-state index < -0.39 is 10.9 Å². The maximum absolute atomic E-state index is 11.8. The summed E-state index contributed by atoms with van der Waals surface area (Å²) in [5, 5.41) is 18.6. The van der Waals surface area contributed by atoms with Gasteiger partial charge in [0.15, 0.2) is 6.61 Å². The van der Waals surface area contributed by atoms with Gasteiger partial charge in [0.25, 0.3) is 11.6 Å². The second-order valence-corrected chi connectivity index (χ2v) is 5.68. The minimum atomic E-state index is -0.660. The van der Waals surface area contributed by atoms with Crippen LogP contribution in [0, 0.1) is 10.1 Å². The maximum atomic E-state index is 11.8. The van der Waals surface area contributed by atoms with Crippen LogP contribution in [0.3, 0.4) is 0 Å². The predicted molar refractivity (Wildman–Crippen MR) is 96.7 cm³/mol. The van der Waals surface area contributed by atoms with Crippen molar-refractivity contribution in [3.8, 4) is 11.5 Å². The van der Waals surface area contributed by atoms with E-state index in [1.54, 1.807) is 6.07 Å². The molecule has 0 radical (unpaired) electrons. The van der Waals surface area contributed by atoms with E-state index in [0.717, 1.165) is 11.6 Å². The summed E-state index contributed by atoms with van der Waals surface area (Å²) in [6, 6.07) is 13.4. The number of esters is 1. The first-order valence-electron chi connectivity index (χ1n) is 7.69. The van der Waals surface area contributed by atoms with Gasteiger partial charge in [0.2, 0.25) is 5.89 Å². The van der Waals surface area contributed by atoms with Gasteiger partial charge >= 0.3 is 5.97 Å². The van der Waals surface area contributed by atoms with E-state index in [1.165, 1.54) is 18.2 Å². The summed E-state index contributed by atoms with van der Waals surface area (Å²) in [5.41, 5.74) is 0.950. The molecule has 0 unspecified atom stereocenters. The lowest BCUT2D eigenvalue weighted by Crippen LogP contribution is -2.01. The number of benzene rings is 2. The molecule has 0 spiro atoms. The summed E-state index contributed by atoms with van der Waals surface area (Å²) in [6.45, 7) is -0.191. The molecule has 0 aliphatic heterocycles. The number of ether oxygens (including phenoxy) is 1. The van der Waals surface area contributed by atoms with Crippen LogP contribution >= 0.6 is 11.6 Å². The van der Waals surface area contributed by atoms with Crippen LogP contribution in [-0.2, 0) is 16.1 Å². The second kappa shape index (κ2) is 8.24. The molecule has 8 nitrogen and oxygen atoms in total. The zero-order chi connectivity index (χ0) is 19.2. The number of nitro benzene ring substituents is 1. The van der Waals surface area contributed by atoms with Crippen LogP contribution in [0.4, 0.5) is 5.69 Å². The van der Waals surface area contributed by atoms with E-state index in [-0.39, 0.29) is 23.2 Å². The summed E-state index contributed by atoms with van der Waals surface area (Å²) >= 11 is 5.74. The van der Waals surface area contributed by atoms with Crippen LogP contribution in [0.1, 0.15) is 11.5 Å². The topological polar surface area (TPSA) is 108 Å². The third-order valence-corrected chi connectivity index (χ3v) is 3.72. The molecule has 0 aliphatic carbocycles. The quantitative estimate of drug-likeness (QED) is 0.272. The van der Waals surface area contributed by atoms with E-state index >= 15 is 0 Å². The zero-order valence-corrected chi connectivity index (χ0v) is 14.5. The zero-order valence-electron chi connectivity index (χ0n) is 13.7. The number of nitro groups is 1. The minimum absolute atomic E-state index is 0.0188. The van der Waals surface area contributed by atoms with Gasteiger partial charge in [-0.3, -0.25) is 10.1 Å². The molecular formula is C18H12ClN3O5. The SMILES string of the molecule is O=C(/C=C/c1ccc(Cl)c([N+](=O)[O-])c1)OCc1nnc(-c2ccccc2)o1. The summed E-state index contributed by atoms with van der Waals surface area (Å²) < 4.78 is 10.4. The number of aromatic nitrogens is 2. The number of rotatable bonds is 6. The third-order valence-electron chi connectivity index (χ3n) is 3.40. The first-order valence-corrected chi connectivity index (χ1v) is 8.07. The fourth-order valence-electron chi connectivity index (χ4n) is 2.13. The van der Waals surface area contributed by atoms with E-state index in [9.17, 15) is 14.9 Å². The Kier molecular flexibility index (Phi) is 5.58. The number of hydrogen-bond acceptors (Lipinski definition) is 7. The van der Waals surface area contributed by atoms with Crippen LogP contribution in [0.15, 0.2) is 59.0 Å². The van der Waals surface area contributed by atoms with Crippen LogP contribution in [-0.4, -0.2) is 21.1 Å². The number of carbonyl (C=O) groups excluding carboxylic acids is 1. The molecule has 0 saturated heterocycles. The van der Waals surface area contributed by atoms with Gasteiger partial charge in [0.05, 0.1) is 4.92 Å². The molecule has 136 valence electrons. The monoisotopic (exact) mass is 385 g/mol. The number of carbonyl (C=O) groups is 1. The molecule has 0 aliphatic rings. The summed E-state index contributed by atoms with van der Waals surface area (Å²) in [7, 11) is 0. The van der Waals surface area contributed by atoms with E-state index in [1.807, 2.05) is 30.3 Å². The first-order chi connectivity index (χ1) is 13.0. The smallest absolute Gasteiger partial charge is 0.331 e. The predicted octanol–water partition coefficient (Wildman–Crippen LogP) is 4.05. The van der Waals surface area contributed by atoms with Gasteiger partial charge < -0.3 is 9.15 Å². The molecule has 2 aromatic carbocycles. The molecule has 0 N–H and O–H groups in total. The van der Waals surface area contributed by atoms with E-state index in [4.69, 9.17) is 20.8 Å². The van der Waals surface area contributed by atoms with Crippen LogP contribution in [0.2, 0.25) is 5.02 Å². The highest BCUT2D eigenvalue weighted by Gasteiger charge is 2.12. The number of hydrogen-bond donors (Lipinski definition) is 0. The molecule has 0 atom stereocenters. The molecule has 1 heterocycles. The molecule has 3 aromatic rings. The van der Waals surface area contributed by atoms with Crippen molar-refractivity contribution in [2.24, 2.45) is 0 Å². The highest BCUT2D eigenvalue weighted by molar-refractivity contribution is 6.32. The standard InChI is InChI=1S/C18H12ClN3O5/c19-14-8-6-12(10-15(14)22(24)25)7-9-17(23)26-11-16-20-21-18(27-16)13-4-2-1-3-5-13/h1-10H,11H2/b9-7+. The Hall–Kier alpha value is -3.52. The Bertz CT molecular complexity index is 1000. The molecule has 3 rings (SSSR count).